The topological polar surface area (TPSA) is 125 Å². The molecule has 2 N–H and O–H groups in total. The fourth-order valence-corrected chi connectivity index (χ4v) is 4.85. The fraction of sp³-hybridized carbons (Fsp3) is 0.619. The summed E-state index contributed by atoms with van der Waals surface area (Å²) >= 11 is 3.43. The molecule has 2 fully saturated rings. The zero-order valence-corrected chi connectivity index (χ0v) is 22.1. The normalized spacial score (nSPS) is 20.8. The molecule has 1 spiro atoms. The van der Waals surface area contributed by atoms with E-state index in [9.17, 15) is 26.3 Å². The minimum atomic E-state index is -5.08. The first-order chi connectivity index (χ1) is 18.1. The van der Waals surface area contributed by atoms with Gasteiger partial charge in [-0.1, -0.05) is 0 Å². The first-order valence-corrected chi connectivity index (χ1v) is 12.9. The van der Waals surface area contributed by atoms with E-state index in [4.69, 9.17) is 29.3 Å². The molecule has 1 unspecified atom stereocenters. The second-order valence-electron chi connectivity index (χ2n) is 8.39. The van der Waals surface area contributed by atoms with E-state index in [1.54, 1.807) is 22.7 Å². The van der Waals surface area contributed by atoms with E-state index >= 15 is 0 Å². The highest BCUT2D eigenvalue weighted by Gasteiger charge is 2.41. The Kier molecular flexibility index (Phi) is 12.0. The highest BCUT2D eigenvalue weighted by molar-refractivity contribution is 7.09. The summed E-state index contributed by atoms with van der Waals surface area (Å²) in [4.78, 5) is 31.7. The lowest BCUT2D eigenvalue weighted by molar-refractivity contribution is -0.193. The molecule has 4 rings (SSSR count). The number of rotatable bonds is 4. The third kappa shape index (κ3) is 11.7. The van der Waals surface area contributed by atoms with Gasteiger partial charge >= 0.3 is 24.3 Å². The van der Waals surface area contributed by atoms with Crippen LogP contribution in [0.5, 0.6) is 0 Å². The van der Waals surface area contributed by atoms with Crippen molar-refractivity contribution < 1.29 is 55.6 Å². The standard InChI is InChI=1S/C17H24N4O2S2.2C2HF3O2/c1-14-19-15(10-25-14)8-20-3-5-22-13-17(11-20)12-21(4-6-23-17)9-16-18-2-7-24-16;2*3-2(4,5)1(6)7/h2,7,10H,3-6,8-9,11-13H2,1H3;2*(H,6,7). The van der Waals surface area contributed by atoms with E-state index in [2.05, 4.69) is 32.1 Å². The van der Waals surface area contributed by atoms with Crippen molar-refractivity contribution >= 4 is 34.6 Å². The Balaban J connectivity index is 0.000000317. The molecule has 2 aromatic heterocycles. The Hall–Kier alpha value is -2.38. The first-order valence-electron chi connectivity index (χ1n) is 11.2. The highest BCUT2D eigenvalue weighted by Crippen LogP contribution is 2.25. The number of halogens is 6. The Morgan fingerprint density at radius 1 is 1.00 bits per heavy atom. The highest BCUT2D eigenvalue weighted by atomic mass is 32.1. The molecule has 10 nitrogen and oxygen atoms in total. The molecule has 18 heteroatoms. The van der Waals surface area contributed by atoms with Gasteiger partial charge in [0.25, 0.3) is 0 Å². The first kappa shape index (κ1) is 32.8. The van der Waals surface area contributed by atoms with Crippen molar-refractivity contribution in [3.05, 3.63) is 32.7 Å². The summed E-state index contributed by atoms with van der Waals surface area (Å²) in [5.74, 6) is -5.51. The molecule has 0 amide bonds. The molecular weight excluding hydrogens is 582 g/mol. The van der Waals surface area contributed by atoms with Crippen LogP contribution in [0, 0.1) is 6.92 Å². The van der Waals surface area contributed by atoms with Crippen molar-refractivity contribution in [2.24, 2.45) is 0 Å². The molecule has 0 radical (unpaired) electrons. The third-order valence-corrected chi connectivity index (χ3v) is 6.72. The molecule has 2 saturated heterocycles. The average molecular weight is 609 g/mol. The molecule has 39 heavy (non-hydrogen) atoms. The van der Waals surface area contributed by atoms with Gasteiger partial charge in [0.1, 0.15) is 10.6 Å². The zero-order chi connectivity index (χ0) is 29.3. The van der Waals surface area contributed by atoms with Crippen LogP contribution < -0.4 is 0 Å². The fourth-order valence-electron chi connectivity index (χ4n) is 3.59. The molecule has 0 aromatic carbocycles. The Bertz CT molecular complexity index is 1030. The van der Waals surface area contributed by atoms with Crippen LogP contribution in [0.25, 0.3) is 0 Å². The summed E-state index contributed by atoms with van der Waals surface area (Å²) in [6.45, 7) is 9.63. The van der Waals surface area contributed by atoms with Gasteiger partial charge in [-0.2, -0.15) is 26.3 Å². The predicted octanol–water partition coefficient (Wildman–Crippen LogP) is 3.28. The maximum atomic E-state index is 10.6. The molecule has 2 aromatic rings. The van der Waals surface area contributed by atoms with Crippen LogP contribution in [0.1, 0.15) is 15.7 Å². The van der Waals surface area contributed by atoms with Crippen molar-refractivity contribution in [2.45, 2.75) is 38.0 Å². The number of nitrogens with zero attached hydrogens (tertiary/aromatic N) is 4. The van der Waals surface area contributed by atoms with Crippen LogP contribution in [0.3, 0.4) is 0 Å². The summed E-state index contributed by atoms with van der Waals surface area (Å²) in [6.07, 6.45) is -8.29. The minimum absolute atomic E-state index is 0.253. The van der Waals surface area contributed by atoms with Crippen LogP contribution in [-0.2, 0) is 32.2 Å². The maximum Gasteiger partial charge on any atom is 0.490 e. The number of alkyl halides is 6. The van der Waals surface area contributed by atoms with Crippen LogP contribution in [0.4, 0.5) is 26.3 Å². The van der Waals surface area contributed by atoms with Crippen molar-refractivity contribution in [1.29, 1.82) is 0 Å². The number of morpholine rings is 1. The Morgan fingerprint density at radius 2 is 1.56 bits per heavy atom. The van der Waals surface area contributed by atoms with Gasteiger partial charge < -0.3 is 19.7 Å². The number of carboxylic acids is 2. The zero-order valence-electron chi connectivity index (χ0n) is 20.5. The number of aryl methyl sites for hydroxylation is 1. The van der Waals surface area contributed by atoms with Gasteiger partial charge in [0.05, 0.1) is 37.1 Å². The number of carbonyl (C=O) groups is 2. The van der Waals surface area contributed by atoms with E-state index in [-0.39, 0.29) is 5.60 Å². The van der Waals surface area contributed by atoms with E-state index < -0.39 is 24.3 Å². The monoisotopic (exact) mass is 608 g/mol. The van der Waals surface area contributed by atoms with Crippen molar-refractivity contribution in [3.8, 4) is 0 Å². The molecular formula is C21H26F6N4O6S2. The second kappa shape index (κ2) is 14.3. The lowest BCUT2D eigenvalue weighted by atomic mass is 10.0. The van der Waals surface area contributed by atoms with Gasteiger partial charge in [-0.25, -0.2) is 19.6 Å². The summed E-state index contributed by atoms with van der Waals surface area (Å²) in [6, 6.07) is 0. The number of hydrogen-bond donors (Lipinski definition) is 2. The van der Waals surface area contributed by atoms with Crippen molar-refractivity contribution in [1.82, 2.24) is 19.8 Å². The summed E-state index contributed by atoms with van der Waals surface area (Å²) in [5.41, 5.74) is 0.895. The maximum absolute atomic E-state index is 10.6. The summed E-state index contributed by atoms with van der Waals surface area (Å²) in [5, 5.41) is 20.7. The average Bonchev–Trinajstić information content (AvgIpc) is 3.43. The van der Waals surface area contributed by atoms with Crippen LogP contribution in [0.15, 0.2) is 17.0 Å². The van der Waals surface area contributed by atoms with Gasteiger partial charge in [0.15, 0.2) is 0 Å². The second-order valence-corrected chi connectivity index (χ2v) is 10.4. The van der Waals surface area contributed by atoms with Crippen LogP contribution in [0.2, 0.25) is 0 Å². The molecule has 0 aliphatic carbocycles. The van der Waals surface area contributed by atoms with E-state index in [1.807, 2.05) is 11.6 Å². The largest absolute Gasteiger partial charge is 0.490 e. The number of hydrogen-bond acceptors (Lipinski definition) is 10. The van der Waals surface area contributed by atoms with Crippen molar-refractivity contribution in [2.75, 3.05) is 46.0 Å². The van der Waals surface area contributed by atoms with E-state index in [0.29, 0.717) is 6.61 Å². The van der Waals surface area contributed by atoms with Gasteiger partial charge in [0.2, 0.25) is 0 Å². The quantitative estimate of drug-likeness (QED) is 0.500. The summed E-state index contributed by atoms with van der Waals surface area (Å²) < 4.78 is 75.7. The van der Waals surface area contributed by atoms with Crippen molar-refractivity contribution in [3.63, 3.8) is 0 Å². The molecule has 220 valence electrons. The van der Waals surface area contributed by atoms with Gasteiger partial charge in [-0.05, 0) is 6.92 Å². The SMILES string of the molecule is Cc1nc(CN2CCOCC3(C2)CN(Cc2nccs2)CCO3)cs1.O=C(O)C(F)(F)F.O=C(O)C(F)(F)F. The van der Waals surface area contributed by atoms with Gasteiger partial charge in [-0.3, -0.25) is 9.80 Å². The lowest BCUT2D eigenvalue weighted by Gasteiger charge is -2.43. The molecule has 2 aliphatic rings. The number of aromatic nitrogens is 2. The smallest absolute Gasteiger partial charge is 0.475 e. The van der Waals surface area contributed by atoms with Gasteiger partial charge in [-0.15, -0.1) is 22.7 Å². The number of aliphatic carboxylic acids is 2. The number of ether oxygens (including phenoxy) is 2. The molecule has 0 bridgehead atoms. The summed E-state index contributed by atoms with van der Waals surface area (Å²) in [7, 11) is 0. The number of carboxylic acid groups (broad SMARTS) is 2. The van der Waals surface area contributed by atoms with Gasteiger partial charge in [0, 0.05) is 49.7 Å². The van der Waals surface area contributed by atoms with E-state index in [1.165, 1.54) is 5.01 Å². The van der Waals surface area contributed by atoms with Crippen LogP contribution >= 0.6 is 22.7 Å². The Labute approximate surface area is 226 Å². The van der Waals surface area contributed by atoms with Crippen LogP contribution in [-0.4, -0.2) is 106 Å². The Morgan fingerprint density at radius 3 is 2.05 bits per heavy atom. The molecule has 0 saturated carbocycles. The predicted molar refractivity (Wildman–Crippen MR) is 126 cm³/mol. The van der Waals surface area contributed by atoms with E-state index in [0.717, 1.165) is 63.2 Å². The molecule has 4 heterocycles. The molecule has 1 atom stereocenters. The molecule has 2 aliphatic heterocycles. The lowest BCUT2D eigenvalue weighted by Crippen LogP contribution is -2.58. The number of thiazole rings is 2. The third-order valence-electron chi connectivity index (χ3n) is 5.14. The minimum Gasteiger partial charge on any atom is -0.475 e.